The van der Waals surface area contributed by atoms with E-state index in [0.29, 0.717) is 5.65 Å². The highest BCUT2D eigenvalue weighted by Crippen LogP contribution is 2.30. The maximum absolute atomic E-state index is 4.54. The molecule has 0 amide bonds. The summed E-state index contributed by atoms with van der Waals surface area (Å²) in [5, 5.41) is 1.15. The molecule has 0 radical (unpaired) electrons. The fraction of sp³-hybridized carbons (Fsp3) is 0.312. The van der Waals surface area contributed by atoms with Crippen LogP contribution >= 0.6 is 11.3 Å². The molecule has 0 spiro atoms. The van der Waals surface area contributed by atoms with Gasteiger partial charge in [-0.15, -0.1) is 11.3 Å². The minimum atomic E-state index is 0.707. The first-order chi connectivity index (χ1) is 12.3. The second-order valence-electron chi connectivity index (χ2n) is 6.05. The number of nitrogens with one attached hydrogen (secondary N) is 1. The van der Waals surface area contributed by atoms with Crippen molar-refractivity contribution in [2.45, 2.75) is 6.92 Å². The van der Waals surface area contributed by atoms with Gasteiger partial charge in [0.1, 0.15) is 28.8 Å². The first-order valence-corrected chi connectivity index (χ1v) is 8.96. The molecule has 4 aromatic rings. The van der Waals surface area contributed by atoms with Crippen LogP contribution in [0.15, 0.2) is 25.0 Å². The predicted molar refractivity (Wildman–Crippen MR) is 98.3 cm³/mol. The summed E-state index contributed by atoms with van der Waals surface area (Å²) < 4.78 is 0. The van der Waals surface area contributed by atoms with Crippen LogP contribution in [0.1, 0.15) is 4.88 Å². The van der Waals surface area contributed by atoms with E-state index in [2.05, 4.69) is 52.7 Å². The molecule has 5 heterocycles. The standard InChI is InChI=1S/C16H16N8S/c1-10-6-11-14(20-9-22-16(11)25-10)23-2-4-24(5-3-23)15-12-13(18-7-17-12)19-8-21-15/h6-9H,2-5H2,1H3,(H,17,18,19,21). The Hall–Kier alpha value is -2.81. The third kappa shape index (κ3) is 2.39. The molecule has 126 valence electrons. The van der Waals surface area contributed by atoms with Gasteiger partial charge in [0.25, 0.3) is 0 Å². The number of H-pyrrole nitrogens is 1. The number of imidazole rings is 1. The number of fused-ring (bicyclic) bond motifs is 2. The zero-order chi connectivity index (χ0) is 16.8. The Morgan fingerprint density at radius 2 is 1.64 bits per heavy atom. The smallest absolute Gasteiger partial charge is 0.182 e. The molecule has 1 aliphatic rings. The summed E-state index contributed by atoms with van der Waals surface area (Å²) in [7, 11) is 0. The van der Waals surface area contributed by atoms with Gasteiger partial charge in [0, 0.05) is 31.1 Å². The number of piperazine rings is 1. The van der Waals surface area contributed by atoms with E-state index in [0.717, 1.165) is 53.5 Å². The van der Waals surface area contributed by atoms with Crippen LogP contribution in [-0.4, -0.2) is 56.1 Å². The Morgan fingerprint density at radius 3 is 2.48 bits per heavy atom. The molecule has 0 saturated carbocycles. The van der Waals surface area contributed by atoms with E-state index in [4.69, 9.17) is 0 Å². The summed E-state index contributed by atoms with van der Waals surface area (Å²) in [5.41, 5.74) is 1.60. The van der Waals surface area contributed by atoms with Gasteiger partial charge >= 0.3 is 0 Å². The van der Waals surface area contributed by atoms with Gasteiger partial charge in [0.05, 0.1) is 11.7 Å². The third-order valence-corrected chi connectivity index (χ3v) is 5.47. The average molecular weight is 352 g/mol. The van der Waals surface area contributed by atoms with E-state index in [1.807, 2.05) is 0 Å². The van der Waals surface area contributed by atoms with Crippen molar-refractivity contribution >= 4 is 44.4 Å². The van der Waals surface area contributed by atoms with Crippen molar-refractivity contribution in [1.29, 1.82) is 0 Å². The van der Waals surface area contributed by atoms with E-state index in [1.165, 1.54) is 4.88 Å². The summed E-state index contributed by atoms with van der Waals surface area (Å²) in [6.07, 6.45) is 4.90. The molecule has 1 saturated heterocycles. The molecular weight excluding hydrogens is 336 g/mol. The number of aromatic amines is 1. The minimum absolute atomic E-state index is 0.707. The highest BCUT2D eigenvalue weighted by atomic mass is 32.1. The molecule has 0 atom stereocenters. The van der Waals surface area contributed by atoms with Crippen LogP contribution in [-0.2, 0) is 0 Å². The van der Waals surface area contributed by atoms with Crippen LogP contribution in [0, 0.1) is 6.92 Å². The molecule has 1 N–H and O–H groups in total. The Bertz CT molecular complexity index is 1050. The fourth-order valence-electron chi connectivity index (χ4n) is 3.34. The summed E-state index contributed by atoms with van der Waals surface area (Å²) in [4.78, 5) is 31.9. The van der Waals surface area contributed by atoms with Gasteiger partial charge in [0.2, 0.25) is 0 Å². The number of nitrogens with zero attached hydrogens (tertiary/aromatic N) is 7. The normalized spacial score (nSPS) is 15.4. The monoisotopic (exact) mass is 352 g/mol. The molecule has 0 aromatic carbocycles. The summed E-state index contributed by atoms with van der Waals surface area (Å²) in [6, 6.07) is 2.18. The van der Waals surface area contributed by atoms with E-state index in [1.54, 1.807) is 30.3 Å². The zero-order valence-electron chi connectivity index (χ0n) is 13.7. The van der Waals surface area contributed by atoms with Crippen molar-refractivity contribution < 1.29 is 0 Å². The fourth-order valence-corrected chi connectivity index (χ4v) is 4.18. The summed E-state index contributed by atoms with van der Waals surface area (Å²) in [5.74, 6) is 1.95. The molecule has 25 heavy (non-hydrogen) atoms. The number of aryl methyl sites for hydroxylation is 1. The SMILES string of the molecule is Cc1cc2c(N3CCN(c4ncnc5nc[nH]c45)CC3)ncnc2s1. The van der Waals surface area contributed by atoms with Gasteiger partial charge in [0.15, 0.2) is 11.5 Å². The lowest BCUT2D eigenvalue weighted by molar-refractivity contribution is 0.644. The number of thiophene rings is 1. The van der Waals surface area contributed by atoms with Crippen molar-refractivity contribution in [3.8, 4) is 0 Å². The Balaban J connectivity index is 1.42. The van der Waals surface area contributed by atoms with Crippen molar-refractivity contribution in [3.63, 3.8) is 0 Å². The first-order valence-electron chi connectivity index (χ1n) is 8.15. The molecule has 9 heteroatoms. The lowest BCUT2D eigenvalue weighted by atomic mass is 10.2. The number of hydrogen-bond donors (Lipinski definition) is 1. The Kier molecular flexibility index (Phi) is 3.27. The minimum Gasteiger partial charge on any atom is -0.352 e. The largest absolute Gasteiger partial charge is 0.352 e. The molecule has 4 aromatic heterocycles. The van der Waals surface area contributed by atoms with Crippen LogP contribution in [0.3, 0.4) is 0 Å². The summed E-state index contributed by atoms with van der Waals surface area (Å²) in [6.45, 7) is 5.64. The molecule has 0 unspecified atom stereocenters. The molecule has 0 bridgehead atoms. The predicted octanol–water partition coefficient (Wildman–Crippen LogP) is 1.99. The van der Waals surface area contributed by atoms with Crippen LogP contribution < -0.4 is 9.80 Å². The zero-order valence-corrected chi connectivity index (χ0v) is 14.5. The lowest BCUT2D eigenvalue weighted by Gasteiger charge is -2.36. The quantitative estimate of drug-likeness (QED) is 0.590. The molecule has 1 fully saturated rings. The number of rotatable bonds is 2. The van der Waals surface area contributed by atoms with E-state index in [9.17, 15) is 0 Å². The third-order valence-electron chi connectivity index (χ3n) is 4.51. The van der Waals surface area contributed by atoms with Crippen molar-refractivity contribution in [1.82, 2.24) is 29.9 Å². The summed E-state index contributed by atoms with van der Waals surface area (Å²) >= 11 is 1.71. The second kappa shape index (κ2) is 5.62. The van der Waals surface area contributed by atoms with Crippen LogP contribution in [0.25, 0.3) is 21.4 Å². The van der Waals surface area contributed by atoms with Crippen molar-refractivity contribution in [3.05, 3.63) is 29.9 Å². The van der Waals surface area contributed by atoms with Gasteiger partial charge in [-0.2, -0.15) is 0 Å². The van der Waals surface area contributed by atoms with E-state index >= 15 is 0 Å². The Labute approximate surface area is 147 Å². The molecule has 5 rings (SSSR count). The van der Waals surface area contributed by atoms with E-state index < -0.39 is 0 Å². The maximum Gasteiger partial charge on any atom is 0.182 e. The number of hydrogen-bond acceptors (Lipinski definition) is 8. The first kappa shape index (κ1) is 14.5. The highest BCUT2D eigenvalue weighted by Gasteiger charge is 2.23. The van der Waals surface area contributed by atoms with Crippen LogP contribution in [0.5, 0.6) is 0 Å². The number of anilines is 2. The van der Waals surface area contributed by atoms with Crippen LogP contribution in [0.2, 0.25) is 0 Å². The van der Waals surface area contributed by atoms with Gasteiger partial charge in [-0.25, -0.2) is 24.9 Å². The van der Waals surface area contributed by atoms with Crippen molar-refractivity contribution in [2.24, 2.45) is 0 Å². The topological polar surface area (TPSA) is 86.7 Å². The average Bonchev–Trinajstić information content (AvgIpc) is 3.26. The molecule has 0 aliphatic carbocycles. The van der Waals surface area contributed by atoms with Crippen LogP contribution in [0.4, 0.5) is 11.6 Å². The van der Waals surface area contributed by atoms with Crippen molar-refractivity contribution in [2.75, 3.05) is 36.0 Å². The van der Waals surface area contributed by atoms with Gasteiger partial charge in [-0.3, -0.25) is 0 Å². The molecule has 1 aliphatic heterocycles. The Morgan fingerprint density at radius 1 is 0.920 bits per heavy atom. The lowest BCUT2D eigenvalue weighted by Crippen LogP contribution is -2.47. The van der Waals surface area contributed by atoms with Gasteiger partial charge in [-0.05, 0) is 13.0 Å². The maximum atomic E-state index is 4.54. The van der Waals surface area contributed by atoms with Gasteiger partial charge in [-0.1, -0.05) is 0 Å². The molecular formula is C16H16N8S. The van der Waals surface area contributed by atoms with Gasteiger partial charge < -0.3 is 14.8 Å². The highest BCUT2D eigenvalue weighted by molar-refractivity contribution is 7.18. The van der Waals surface area contributed by atoms with E-state index in [-0.39, 0.29) is 0 Å². The molecule has 8 nitrogen and oxygen atoms in total. The number of aromatic nitrogens is 6. The second-order valence-corrected chi connectivity index (χ2v) is 7.28.